The molecule has 0 bridgehead atoms. The second kappa shape index (κ2) is 8.29. The minimum atomic E-state index is -4.49. The lowest BCUT2D eigenvalue weighted by atomic mass is 10.1. The van der Waals surface area contributed by atoms with Crippen molar-refractivity contribution in [3.63, 3.8) is 0 Å². The van der Waals surface area contributed by atoms with Gasteiger partial charge in [0.1, 0.15) is 18.0 Å². The maximum Gasteiger partial charge on any atom is 0.416 e. The number of rotatable bonds is 5. The largest absolute Gasteiger partial charge is 0.488 e. The number of alkyl halides is 3. The van der Waals surface area contributed by atoms with Crippen LogP contribution in [0.3, 0.4) is 0 Å². The SMILES string of the molecule is CC(C)(C)OC(=O)/C=C/c1ccc(C(F)(F)F)cc1OCc1ccccc1. The molecule has 144 valence electrons. The smallest absolute Gasteiger partial charge is 0.416 e. The van der Waals surface area contributed by atoms with Gasteiger partial charge in [0.25, 0.3) is 0 Å². The number of ether oxygens (including phenoxy) is 2. The van der Waals surface area contributed by atoms with Crippen LogP contribution in [0.1, 0.15) is 37.5 Å². The van der Waals surface area contributed by atoms with Crippen molar-refractivity contribution >= 4 is 12.0 Å². The molecule has 0 heterocycles. The van der Waals surface area contributed by atoms with E-state index in [0.717, 1.165) is 17.7 Å². The van der Waals surface area contributed by atoms with Gasteiger partial charge in [-0.3, -0.25) is 0 Å². The molecule has 0 saturated heterocycles. The second-order valence-corrected chi connectivity index (χ2v) is 6.89. The van der Waals surface area contributed by atoms with Gasteiger partial charge in [-0.2, -0.15) is 13.2 Å². The Hall–Kier alpha value is -2.76. The third-order valence-electron chi connectivity index (χ3n) is 3.38. The highest BCUT2D eigenvalue weighted by Gasteiger charge is 2.31. The summed E-state index contributed by atoms with van der Waals surface area (Å²) in [5.74, 6) is -0.551. The molecule has 0 atom stereocenters. The molecule has 3 nitrogen and oxygen atoms in total. The summed E-state index contributed by atoms with van der Waals surface area (Å²) in [4.78, 5) is 11.8. The number of carbonyl (C=O) groups excluding carboxylic acids is 1. The Labute approximate surface area is 156 Å². The lowest BCUT2D eigenvalue weighted by molar-refractivity contribution is -0.148. The van der Waals surface area contributed by atoms with Crippen LogP contribution in [-0.4, -0.2) is 11.6 Å². The Balaban J connectivity index is 2.25. The third kappa shape index (κ3) is 6.81. The van der Waals surface area contributed by atoms with E-state index < -0.39 is 23.3 Å². The van der Waals surface area contributed by atoms with Gasteiger partial charge in [0, 0.05) is 11.6 Å². The summed E-state index contributed by atoms with van der Waals surface area (Å²) >= 11 is 0. The highest BCUT2D eigenvalue weighted by Crippen LogP contribution is 2.34. The molecule has 6 heteroatoms. The van der Waals surface area contributed by atoms with Crippen molar-refractivity contribution in [1.29, 1.82) is 0 Å². The van der Waals surface area contributed by atoms with Crippen LogP contribution in [0.25, 0.3) is 6.08 Å². The van der Waals surface area contributed by atoms with E-state index >= 15 is 0 Å². The zero-order valence-corrected chi connectivity index (χ0v) is 15.3. The standard InChI is InChI=1S/C21H21F3O3/c1-20(2,3)27-19(25)12-10-16-9-11-17(21(22,23)24)13-18(16)26-14-15-7-5-4-6-8-15/h4-13H,14H2,1-3H3/b12-10+. The van der Waals surface area contributed by atoms with Crippen LogP contribution in [0, 0.1) is 0 Å². The summed E-state index contributed by atoms with van der Waals surface area (Å²) in [6.07, 6.45) is -1.93. The lowest BCUT2D eigenvalue weighted by Gasteiger charge is -2.18. The van der Waals surface area contributed by atoms with Gasteiger partial charge in [0.05, 0.1) is 5.56 Å². The summed E-state index contributed by atoms with van der Waals surface area (Å²) in [6.45, 7) is 5.29. The summed E-state index contributed by atoms with van der Waals surface area (Å²) in [6, 6.07) is 12.2. The van der Waals surface area contributed by atoms with E-state index in [1.807, 2.05) is 30.3 Å². The Morgan fingerprint density at radius 3 is 2.30 bits per heavy atom. The molecule has 2 aromatic carbocycles. The van der Waals surface area contributed by atoms with E-state index in [1.54, 1.807) is 20.8 Å². The number of halogens is 3. The molecule has 0 spiro atoms. The minimum absolute atomic E-state index is 0.0356. The van der Waals surface area contributed by atoms with Crippen molar-refractivity contribution < 1.29 is 27.4 Å². The average molecular weight is 378 g/mol. The maximum atomic E-state index is 13.0. The molecule has 0 amide bonds. The van der Waals surface area contributed by atoms with Crippen molar-refractivity contribution in [3.05, 3.63) is 71.3 Å². The Morgan fingerprint density at radius 2 is 1.70 bits per heavy atom. The monoisotopic (exact) mass is 378 g/mol. The first-order valence-corrected chi connectivity index (χ1v) is 8.34. The maximum absolute atomic E-state index is 13.0. The Kier molecular flexibility index (Phi) is 6.31. The van der Waals surface area contributed by atoms with Crippen molar-refractivity contribution in [3.8, 4) is 5.75 Å². The van der Waals surface area contributed by atoms with Crippen LogP contribution in [0.2, 0.25) is 0 Å². The number of hydrogen-bond acceptors (Lipinski definition) is 3. The molecular formula is C21H21F3O3. The zero-order chi connectivity index (χ0) is 20.1. The predicted molar refractivity (Wildman–Crippen MR) is 97.1 cm³/mol. The average Bonchev–Trinajstić information content (AvgIpc) is 2.57. The molecule has 0 aromatic heterocycles. The highest BCUT2D eigenvalue weighted by atomic mass is 19.4. The fourth-order valence-electron chi connectivity index (χ4n) is 2.20. The first-order chi connectivity index (χ1) is 12.5. The van der Waals surface area contributed by atoms with Crippen LogP contribution < -0.4 is 4.74 Å². The summed E-state index contributed by atoms with van der Waals surface area (Å²) in [5, 5.41) is 0. The van der Waals surface area contributed by atoms with Gasteiger partial charge >= 0.3 is 12.1 Å². The highest BCUT2D eigenvalue weighted by molar-refractivity contribution is 5.87. The first-order valence-electron chi connectivity index (χ1n) is 8.34. The molecular weight excluding hydrogens is 357 g/mol. The normalized spacial score (nSPS) is 12.2. The van der Waals surface area contributed by atoms with Gasteiger partial charge in [-0.25, -0.2) is 4.79 Å². The molecule has 0 aliphatic rings. The number of esters is 1. The van der Waals surface area contributed by atoms with Gasteiger partial charge in [-0.15, -0.1) is 0 Å². The number of benzene rings is 2. The van der Waals surface area contributed by atoms with Gasteiger partial charge in [-0.05, 0) is 44.5 Å². The molecule has 0 aliphatic heterocycles. The second-order valence-electron chi connectivity index (χ2n) is 6.89. The van der Waals surface area contributed by atoms with E-state index in [-0.39, 0.29) is 12.4 Å². The molecule has 0 saturated carbocycles. The Bertz CT molecular complexity index is 804. The van der Waals surface area contributed by atoms with Crippen LogP contribution in [0.15, 0.2) is 54.6 Å². The third-order valence-corrected chi connectivity index (χ3v) is 3.38. The van der Waals surface area contributed by atoms with Crippen molar-refractivity contribution in [2.75, 3.05) is 0 Å². The van der Waals surface area contributed by atoms with Crippen LogP contribution in [0.5, 0.6) is 5.75 Å². The predicted octanol–water partition coefficient (Wildman–Crippen LogP) is 5.64. The van der Waals surface area contributed by atoms with E-state index in [0.29, 0.717) is 5.56 Å². The van der Waals surface area contributed by atoms with Gasteiger partial charge in [0.2, 0.25) is 0 Å². The molecule has 2 rings (SSSR count). The van der Waals surface area contributed by atoms with Crippen molar-refractivity contribution in [2.45, 2.75) is 39.2 Å². The summed E-state index contributed by atoms with van der Waals surface area (Å²) in [5.41, 5.74) is -0.310. The van der Waals surface area contributed by atoms with Crippen LogP contribution >= 0.6 is 0 Å². The molecule has 0 N–H and O–H groups in total. The first kappa shape index (κ1) is 20.6. The van der Waals surface area contributed by atoms with Crippen molar-refractivity contribution in [2.24, 2.45) is 0 Å². The van der Waals surface area contributed by atoms with Gasteiger partial charge in [-0.1, -0.05) is 36.4 Å². The molecule has 2 aromatic rings. The van der Waals surface area contributed by atoms with Gasteiger partial charge < -0.3 is 9.47 Å². The van der Waals surface area contributed by atoms with E-state index in [9.17, 15) is 18.0 Å². The van der Waals surface area contributed by atoms with E-state index in [1.165, 1.54) is 18.2 Å². The topological polar surface area (TPSA) is 35.5 Å². The Morgan fingerprint density at radius 1 is 1.04 bits per heavy atom. The molecule has 27 heavy (non-hydrogen) atoms. The van der Waals surface area contributed by atoms with Crippen molar-refractivity contribution in [1.82, 2.24) is 0 Å². The van der Waals surface area contributed by atoms with Crippen LogP contribution in [-0.2, 0) is 22.3 Å². The molecule has 0 fully saturated rings. The lowest BCUT2D eigenvalue weighted by Crippen LogP contribution is -2.22. The minimum Gasteiger partial charge on any atom is -0.488 e. The molecule has 0 radical (unpaired) electrons. The quantitative estimate of drug-likeness (QED) is 0.499. The van der Waals surface area contributed by atoms with Crippen LogP contribution in [0.4, 0.5) is 13.2 Å². The van der Waals surface area contributed by atoms with E-state index in [2.05, 4.69) is 0 Å². The van der Waals surface area contributed by atoms with Gasteiger partial charge in [0.15, 0.2) is 0 Å². The zero-order valence-electron chi connectivity index (χ0n) is 15.3. The van der Waals surface area contributed by atoms with E-state index in [4.69, 9.17) is 9.47 Å². The molecule has 0 aliphatic carbocycles. The molecule has 0 unspecified atom stereocenters. The fourth-order valence-corrected chi connectivity index (χ4v) is 2.20. The number of carbonyl (C=O) groups is 1. The number of hydrogen-bond donors (Lipinski definition) is 0. The summed E-state index contributed by atoms with van der Waals surface area (Å²) < 4.78 is 49.8. The summed E-state index contributed by atoms with van der Waals surface area (Å²) in [7, 11) is 0. The fraction of sp³-hybridized carbons (Fsp3) is 0.286.